The summed E-state index contributed by atoms with van der Waals surface area (Å²) in [5.74, 6) is -1.20. The molecule has 1 unspecified atom stereocenters. The highest BCUT2D eigenvalue weighted by Crippen LogP contribution is 2.40. The number of hydrogen-bond acceptors (Lipinski definition) is 5. The number of fused-ring (bicyclic) bond motifs is 1. The molecule has 1 aliphatic rings. The number of carbonyl (C=O) groups is 1. The van der Waals surface area contributed by atoms with E-state index in [2.05, 4.69) is 30.7 Å². The molecule has 1 atom stereocenters. The summed E-state index contributed by atoms with van der Waals surface area (Å²) in [6.07, 6.45) is 1.49. The molecule has 0 bridgehead atoms. The van der Waals surface area contributed by atoms with Crippen LogP contribution >= 0.6 is 22.7 Å². The second-order valence-electron chi connectivity index (χ2n) is 6.04. The zero-order valence-electron chi connectivity index (χ0n) is 11.6. The Kier molecular flexibility index (Phi) is 3.17. The molecular formula is C14H16N2O2S2. The van der Waals surface area contributed by atoms with Gasteiger partial charge in [-0.25, -0.2) is 9.97 Å². The number of aromatic nitrogens is 2. The monoisotopic (exact) mass is 308 g/mol. The summed E-state index contributed by atoms with van der Waals surface area (Å²) < 4.78 is 0. The van der Waals surface area contributed by atoms with Crippen LogP contribution in [0.15, 0.2) is 5.38 Å². The minimum atomic E-state index is -0.769. The first-order valence-corrected chi connectivity index (χ1v) is 8.24. The summed E-state index contributed by atoms with van der Waals surface area (Å²) in [5, 5.41) is 13.2. The number of carboxylic acids is 1. The molecule has 2 aromatic rings. The third-order valence-corrected chi connectivity index (χ3v) is 5.80. The van der Waals surface area contributed by atoms with E-state index in [1.54, 1.807) is 22.7 Å². The Bertz CT molecular complexity index is 667. The first kappa shape index (κ1) is 13.7. The second-order valence-corrected chi connectivity index (χ2v) is 7.99. The summed E-state index contributed by atoms with van der Waals surface area (Å²) in [4.78, 5) is 21.5. The van der Waals surface area contributed by atoms with E-state index in [-0.39, 0.29) is 5.41 Å². The molecule has 0 saturated heterocycles. The van der Waals surface area contributed by atoms with E-state index in [0.717, 1.165) is 32.7 Å². The van der Waals surface area contributed by atoms with Crippen molar-refractivity contribution in [2.24, 2.45) is 0 Å². The van der Waals surface area contributed by atoms with Crippen LogP contribution in [-0.4, -0.2) is 21.0 Å². The third kappa shape index (κ3) is 2.27. The summed E-state index contributed by atoms with van der Waals surface area (Å²) in [5.41, 5.74) is 1.67. The molecule has 0 saturated carbocycles. The van der Waals surface area contributed by atoms with Gasteiger partial charge >= 0.3 is 5.97 Å². The molecule has 2 heterocycles. The minimum absolute atomic E-state index is 0.0342. The van der Waals surface area contributed by atoms with Gasteiger partial charge in [-0.3, -0.25) is 4.79 Å². The Balaban J connectivity index is 1.95. The summed E-state index contributed by atoms with van der Waals surface area (Å²) in [6.45, 7) is 6.41. The van der Waals surface area contributed by atoms with Gasteiger partial charge in [-0.2, -0.15) is 0 Å². The molecule has 0 fully saturated rings. The average molecular weight is 308 g/mol. The van der Waals surface area contributed by atoms with Crippen molar-refractivity contribution in [3.05, 3.63) is 21.0 Å². The van der Waals surface area contributed by atoms with E-state index >= 15 is 0 Å². The van der Waals surface area contributed by atoms with Crippen LogP contribution in [0.4, 0.5) is 0 Å². The number of hydrogen-bond donors (Lipinski definition) is 1. The summed E-state index contributed by atoms with van der Waals surface area (Å²) in [6, 6.07) is 0. The minimum Gasteiger partial charge on any atom is -0.481 e. The maximum atomic E-state index is 11.2. The van der Waals surface area contributed by atoms with Crippen molar-refractivity contribution >= 4 is 28.6 Å². The lowest BCUT2D eigenvalue weighted by Crippen LogP contribution is -2.10. The number of aliphatic carboxylic acids is 1. The molecular weight excluding hydrogens is 292 g/mol. The van der Waals surface area contributed by atoms with Crippen molar-refractivity contribution < 1.29 is 9.90 Å². The van der Waals surface area contributed by atoms with Crippen molar-refractivity contribution in [3.63, 3.8) is 0 Å². The van der Waals surface area contributed by atoms with E-state index in [4.69, 9.17) is 0 Å². The fourth-order valence-electron chi connectivity index (χ4n) is 2.29. The van der Waals surface area contributed by atoms with Crippen LogP contribution < -0.4 is 0 Å². The number of carboxylic acid groups (broad SMARTS) is 1. The van der Waals surface area contributed by atoms with Gasteiger partial charge in [0.15, 0.2) is 0 Å². The van der Waals surface area contributed by atoms with Gasteiger partial charge in [0.05, 0.1) is 10.7 Å². The first-order chi connectivity index (χ1) is 9.36. The zero-order valence-corrected chi connectivity index (χ0v) is 13.3. The first-order valence-electron chi connectivity index (χ1n) is 6.55. The summed E-state index contributed by atoms with van der Waals surface area (Å²) in [7, 11) is 0. The molecule has 106 valence electrons. The quantitative estimate of drug-likeness (QED) is 0.919. The van der Waals surface area contributed by atoms with E-state index < -0.39 is 11.9 Å². The third-order valence-electron chi connectivity index (χ3n) is 3.38. The summed E-state index contributed by atoms with van der Waals surface area (Å²) >= 11 is 3.23. The van der Waals surface area contributed by atoms with Crippen molar-refractivity contribution in [1.82, 2.24) is 9.97 Å². The highest BCUT2D eigenvalue weighted by atomic mass is 32.1. The van der Waals surface area contributed by atoms with E-state index in [1.165, 1.54) is 0 Å². The van der Waals surface area contributed by atoms with E-state index in [9.17, 15) is 9.90 Å². The molecule has 3 rings (SSSR count). The Labute approximate surface area is 125 Å². The predicted molar refractivity (Wildman–Crippen MR) is 80.6 cm³/mol. The van der Waals surface area contributed by atoms with E-state index in [0.29, 0.717) is 6.42 Å². The van der Waals surface area contributed by atoms with Crippen molar-refractivity contribution in [2.45, 2.75) is 44.9 Å². The van der Waals surface area contributed by atoms with Crippen LogP contribution in [0.5, 0.6) is 0 Å². The lowest BCUT2D eigenvalue weighted by atomic mass is 9.98. The van der Waals surface area contributed by atoms with Crippen LogP contribution in [0.1, 0.15) is 48.7 Å². The Morgan fingerprint density at radius 1 is 1.40 bits per heavy atom. The number of nitrogens with zero attached hydrogens (tertiary/aromatic N) is 2. The average Bonchev–Trinajstić information content (AvgIpc) is 3.01. The fourth-order valence-corrected chi connectivity index (χ4v) is 4.36. The Morgan fingerprint density at radius 3 is 2.75 bits per heavy atom. The van der Waals surface area contributed by atoms with Gasteiger partial charge in [-0.05, 0) is 12.8 Å². The Morgan fingerprint density at radius 2 is 2.15 bits per heavy atom. The maximum absolute atomic E-state index is 11.2. The lowest BCUT2D eigenvalue weighted by molar-refractivity contribution is -0.138. The predicted octanol–water partition coefficient (Wildman–Crippen LogP) is 3.68. The highest BCUT2D eigenvalue weighted by molar-refractivity contribution is 7.16. The van der Waals surface area contributed by atoms with Crippen molar-refractivity contribution in [3.8, 4) is 10.7 Å². The molecule has 4 nitrogen and oxygen atoms in total. The van der Waals surface area contributed by atoms with Crippen LogP contribution in [-0.2, 0) is 16.6 Å². The molecule has 1 N–H and O–H groups in total. The zero-order chi connectivity index (χ0) is 14.5. The van der Waals surface area contributed by atoms with E-state index in [1.807, 2.05) is 5.38 Å². The number of rotatable bonds is 2. The van der Waals surface area contributed by atoms with Crippen LogP contribution in [0, 0.1) is 0 Å². The van der Waals surface area contributed by atoms with Gasteiger partial charge < -0.3 is 5.11 Å². The van der Waals surface area contributed by atoms with Crippen molar-refractivity contribution in [1.29, 1.82) is 0 Å². The second kappa shape index (κ2) is 4.63. The smallest absolute Gasteiger partial charge is 0.312 e. The van der Waals surface area contributed by atoms with Gasteiger partial charge in [0, 0.05) is 15.7 Å². The van der Waals surface area contributed by atoms with Crippen LogP contribution in [0.2, 0.25) is 0 Å². The molecule has 20 heavy (non-hydrogen) atoms. The molecule has 0 aliphatic heterocycles. The fraction of sp³-hybridized carbons (Fsp3) is 0.500. The van der Waals surface area contributed by atoms with Gasteiger partial charge in [-0.1, -0.05) is 20.8 Å². The largest absolute Gasteiger partial charge is 0.481 e. The maximum Gasteiger partial charge on any atom is 0.312 e. The molecule has 2 aromatic heterocycles. The van der Waals surface area contributed by atoms with Gasteiger partial charge in [-0.15, -0.1) is 22.7 Å². The van der Waals surface area contributed by atoms with Gasteiger partial charge in [0.1, 0.15) is 16.6 Å². The van der Waals surface area contributed by atoms with Crippen LogP contribution in [0.25, 0.3) is 10.7 Å². The topological polar surface area (TPSA) is 63.1 Å². The molecule has 0 spiro atoms. The Hall–Kier alpha value is -1.27. The highest BCUT2D eigenvalue weighted by Gasteiger charge is 2.33. The number of thiazole rings is 2. The lowest BCUT2D eigenvalue weighted by Gasteiger charge is -2.13. The normalized spacial score (nSPS) is 18.2. The van der Waals surface area contributed by atoms with Crippen LogP contribution in [0.3, 0.4) is 0 Å². The molecule has 0 aromatic carbocycles. The SMILES string of the molecule is CC(C)(C)c1nc(-c2nc3c(s2)CCC3C(=O)O)cs1. The standard InChI is InChI=1S/C14H16N2O2S2/c1-14(2,3)13-15-8(6-19-13)11-16-10-7(12(17)18)4-5-9(10)20-11/h6-7H,4-5H2,1-3H3,(H,17,18). The molecule has 0 amide bonds. The molecule has 0 radical (unpaired) electrons. The number of aryl methyl sites for hydroxylation is 1. The molecule has 1 aliphatic carbocycles. The van der Waals surface area contributed by atoms with Crippen molar-refractivity contribution in [2.75, 3.05) is 0 Å². The van der Waals surface area contributed by atoms with Gasteiger partial charge in [0.25, 0.3) is 0 Å². The van der Waals surface area contributed by atoms with Gasteiger partial charge in [0.2, 0.25) is 0 Å². The molecule has 6 heteroatoms.